The molecule has 0 bridgehead atoms. The number of morpholine rings is 1. The monoisotopic (exact) mass is 385 g/mol. The predicted octanol–water partition coefficient (Wildman–Crippen LogP) is 2.23. The van der Waals surface area contributed by atoms with Crippen molar-refractivity contribution in [1.82, 2.24) is 4.90 Å². The summed E-state index contributed by atoms with van der Waals surface area (Å²) in [5.74, 6) is -0.0465. The standard InChI is InChI=1S/C21H23NO4S/c23-21(22-11-12-26-20-15-27(24,25)14-19(20)22)13-18(16-7-3-1-4-8-16)17-9-5-2-6-10-17/h1-10,18-20H,11-15H2. The number of nitrogens with zero attached hydrogens (tertiary/aromatic N) is 1. The van der Waals surface area contributed by atoms with E-state index in [1.807, 2.05) is 60.7 Å². The van der Waals surface area contributed by atoms with Crippen LogP contribution in [0, 0.1) is 0 Å². The Hall–Kier alpha value is -2.18. The van der Waals surface area contributed by atoms with Gasteiger partial charge in [-0.2, -0.15) is 0 Å². The molecule has 6 heteroatoms. The van der Waals surface area contributed by atoms with Gasteiger partial charge in [0.15, 0.2) is 9.84 Å². The topological polar surface area (TPSA) is 63.7 Å². The molecule has 27 heavy (non-hydrogen) atoms. The molecule has 5 nitrogen and oxygen atoms in total. The fourth-order valence-electron chi connectivity index (χ4n) is 4.12. The maximum atomic E-state index is 13.2. The van der Waals surface area contributed by atoms with E-state index in [2.05, 4.69) is 0 Å². The first kappa shape index (κ1) is 18.2. The summed E-state index contributed by atoms with van der Waals surface area (Å²) < 4.78 is 29.6. The fourth-order valence-corrected chi connectivity index (χ4v) is 5.99. The second-order valence-electron chi connectivity index (χ2n) is 7.22. The molecule has 1 amide bonds. The molecule has 2 unspecified atom stereocenters. The Kier molecular flexibility index (Phi) is 5.02. The summed E-state index contributed by atoms with van der Waals surface area (Å²) in [4.78, 5) is 14.9. The highest BCUT2D eigenvalue weighted by Crippen LogP contribution is 2.31. The number of benzene rings is 2. The zero-order valence-corrected chi connectivity index (χ0v) is 15.8. The van der Waals surface area contributed by atoms with Crippen LogP contribution >= 0.6 is 0 Å². The molecule has 0 N–H and O–H groups in total. The lowest BCUT2D eigenvalue weighted by Gasteiger charge is -2.37. The molecule has 2 aliphatic rings. The Balaban J connectivity index is 1.59. The van der Waals surface area contributed by atoms with Gasteiger partial charge < -0.3 is 9.64 Å². The smallest absolute Gasteiger partial charge is 0.223 e. The molecule has 2 aromatic rings. The van der Waals surface area contributed by atoms with Gasteiger partial charge in [-0.25, -0.2) is 8.42 Å². The summed E-state index contributed by atoms with van der Waals surface area (Å²) in [5, 5.41) is 0. The third-order valence-electron chi connectivity index (χ3n) is 5.44. The first-order valence-electron chi connectivity index (χ1n) is 9.25. The number of carbonyl (C=O) groups excluding carboxylic acids is 1. The minimum absolute atomic E-state index is 0.00471. The van der Waals surface area contributed by atoms with Crippen LogP contribution in [0.25, 0.3) is 0 Å². The number of ether oxygens (including phenoxy) is 1. The summed E-state index contributed by atoms with van der Waals surface area (Å²) in [7, 11) is -3.15. The van der Waals surface area contributed by atoms with E-state index >= 15 is 0 Å². The Morgan fingerprint density at radius 2 is 1.59 bits per heavy atom. The van der Waals surface area contributed by atoms with Crippen molar-refractivity contribution < 1.29 is 17.9 Å². The molecule has 4 rings (SSSR count). The third kappa shape index (κ3) is 3.92. The SMILES string of the molecule is O=C(CC(c1ccccc1)c1ccccc1)N1CCOC2CS(=O)(=O)CC21. The van der Waals surface area contributed by atoms with Crippen molar-refractivity contribution in [3.05, 3.63) is 71.8 Å². The van der Waals surface area contributed by atoms with Crippen LogP contribution < -0.4 is 0 Å². The van der Waals surface area contributed by atoms with Crippen LogP contribution in [0.5, 0.6) is 0 Å². The van der Waals surface area contributed by atoms with Gasteiger partial charge in [0.2, 0.25) is 5.91 Å². The largest absolute Gasteiger partial charge is 0.373 e. The van der Waals surface area contributed by atoms with Gasteiger partial charge in [-0.05, 0) is 11.1 Å². The summed E-state index contributed by atoms with van der Waals surface area (Å²) in [6.07, 6.45) is -0.0725. The van der Waals surface area contributed by atoms with Crippen LogP contribution in [0.2, 0.25) is 0 Å². The maximum absolute atomic E-state index is 13.2. The minimum Gasteiger partial charge on any atom is -0.373 e. The van der Waals surface area contributed by atoms with Crippen molar-refractivity contribution in [3.8, 4) is 0 Å². The number of hydrogen-bond donors (Lipinski definition) is 0. The molecule has 2 saturated heterocycles. The van der Waals surface area contributed by atoms with Gasteiger partial charge in [0.25, 0.3) is 0 Å². The lowest BCUT2D eigenvalue weighted by atomic mass is 9.88. The van der Waals surface area contributed by atoms with Crippen LogP contribution in [0.4, 0.5) is 0 Å². The van der Waals surface area contributed by atoms with Crippen molar-refractivity contribution in [2.24, 2.45) is 0 Å². The van der Waals surface area contributed by atoms with E-state index in [4.69, 9.17) is 4.74 Å². The van der Waals surface area contributed by atoms with Gasteiger partial charge in [-0.1, -0.05) is 60.7 Å². The zero-order chi connectivity index (χ0) is 18.9. The number of amides is 1. The molecule has 0 aliphatic carbocycles. The highest BCUT2D eigenvalue weighted by atomic mass is 32.2. The molecule has 2 heterocycles. The molecule has 2 aliphatic heterocycles. The molecule has 0 radical (unpaired) electrons. The van der Waals surface area contributed by atoms with Crippen molar-refractivity contribution in [1.29, 1.82) is 0 Å². The first-order chi connectivity index (χ1) is 13.0. The van der Waals surface area contributed by atoms with Gasteiger partial charge >= 0.3 is 0 Å². The molecule has 2 fully saturated rings. The molecule has 0 aromatic heterocycles. The Labute approximate surface area is 159 Å². The molecular formula is C21H23NO4S. The van der Waals surface area contributed by atoms with Gasteiger partial charge in [0.05, 0.1) is 30.3 Å². The maximum Gasteiger partial charge on any atom is 0.223 e. The van der Waals surface area contributed by atoms with Crippen molar-refractivity contribution in [2.75, 3.05) is 24.7 Å². The minimum atomic E-state index is -3.15. The summed E-state index contributed by atoms with van der Waals surface area (Å²) >= 11 is 0. The van der Waals surface area contributed by atoms with Crippen LogP contribution in [-0.2, 0) is 19.4 Å². The lowest BCUT2D eigenvalue weighted by Crippen LogP contribution is -2.53. The average molecular weight is 385 g/mol. The fraction of sp³-hybridized carbons (Fsp3) is 0.381. The molecule has 2 atom stereocenters. The van der Waals surface area contributed by atoms with Crippen LogP contribution in [0.1, 0.15) is 23.5 Å². The molecule has 2 aromatic carbocycles. The highest BCUT2D eigenvalue weighted by molar-refractivity contribution is 7.91. The predicted molar refractivity (Wildman–Crippen MR) is 103 cm³/mol. The normalized spacial score (nSPS) is 24.0. The van der Waals surface area contributed by atoms with Crippen molar-refractivity contribution in [2.45, 2.75) is 24.5 Å². The Bertz CT molecular complexity index is 859. The first-order valence-corrected chi connectivity index (χ1v) is 11.1. The molecule has 0 saturated carbocycles. The van der Waals surface area contributed by atoms with Gasteiger partial charge in [0.1, 0.15) is 0 Å². The van der Waals surface area contributed by atoms with E-state index in [9.17, 15) is 13.2 Å². The number of carbonyl (C=O) groups is 1. The van der Waals surface area contributed by atoms with E-state index in [1.165, 1.54) is 0 Å². The quantitative estimate of drug-likeness (QED) is 0.810. The van der Waals surface area contributed by atoms with Gasteiger partial charge in [0, 0.05) is 18.9 Å². The summed E-state index contributed by atoms with van der Waals surface area (Å²) in [6.45, 7) is 0.843. The Morgan fingerprint density at radius 1 is 1.00 bits per heavy atom. The number of fused-ring (bicyclic) bond motifs is 1. The van der Waals surface area contributed by atoms with Gasteiger partial charge in [-0.15, -0.1) is 0 Å². The van der Waals surface area contributed by atoms with E-state index < -0.39 is 9.84 Å². The summed E-state index contributed by atoms with van der Waals surface area (Å²) in [5.41, 5.74) is 2.17. The second-order valence-corrected chi connectivity index (χ2v) is 9.37. The average Bonchev–Trinajstić information content (AvgIpc) is 3.01. The highest BCUT2D eigenvalue weighted by Gasteiger charge is 2.45. The lowest BCUT2D eigenvalue weighted by molar-refractivity contribution is -0.143. The zero-order valence-electron chi connectivity index (χ0n) is 15.0. The van der Waals surface area contributed by atoms with E-state index in [0.717, 1.165) is 11.1 Å². The van der Waals surface area contributed by atoms with Crippen molar-refractivity contribution >= 4 is 15.7 Å². The van der Waals surface area contributed by atoms with Gasteiger partial charge in [-0.3, -0.25) is 4.79 Å². The van der Waals surface area contributed by atoms with Crippen LogP contribution in [0.15, 0.2) is 60.7 Å². The third-order valence-corrected chi connectivity index (χ3v) is 7.13. The number of hydrogen-bond acceptors (Lipinski definition) is 4. The molecule has 142 valence electrons. The number of rotatable bonds is 4. The second kappa shape index (κ2) is 7.44. The van der Waals surface area contributed by atoms with Crippen molar-refractivity contribution in [3.63, 3.8) is 0 Å². The van der Waals surface area contributed by atoms with E-state index in [1.54, 1.807) is 4.90 Å². The molecular weight excluding hydrogens is 362 g/mol. The van der Waals surface area contributed by atoms with E-state index in [-0.39, 0.29) is 35.5 Å². The molecule has 0 spiro atoms. The Morgan fingerprint density at radius 3 is 2.19 bits per heavy atom. The van der Waals surface area contributed by atoms with Crippen LogP contribution in [0.3, 0.4) is 0 Å². The van der Waals surface area contributed by atoms with E-state index in [0.29, 0.717) is 19.6 Å². The summed E-state index contributed by atoms with van der Waals surface area (Å²) in [6, 6.07) is 19.6. The number of sulfone groups is 1. The van der Waals surface area contributed by atoms with Crippen LogP contribution in [-0.4, -0.2) is 56.0 Å².